The highest BCUT2D eigenvalue weighted by atomic mass is 32.2. The normalized spacial score (nSPS) is 11.7. The van der Waals surface area contributed by atoms with Gasteiger partial charge in [-0.3, -0.25) is 0 Å². The van der Waals surface area contributed by atoms with E-state index in [4.69, 9.17) is 14.6 Å². The molecule has 138 valence electrons. The summed E-state index contributed by atoms with van der Waals surface area (Å²) in [5.41, 5.74) is 2.77. The summed E-state index contributed by atoms with van der Waals surface area (Å²) in [6, 6.07) is 11.5. The van der Waals surface area contributed by atoms with Gasteiger partial charge in [-0.15, -0.1) is 0 Å². The fourth-order valence-electron chi connectivity index (χ4n) is 2.70. The van der Waals surface area contributed by atoms with Crippen molar-refractivity contribution in [3.05, 3.63) is 48.2 Å². The zero-order valence-electron chi connectivity index (χ0n) is 14.5. The van der Waals surface area contributed by atoms with Gasteiger partial charge in [-0.2, -0.15) is 13.5 Å². The lowest BCUT2D eigenvalue weighted by atomic mass is 10.1. The van der Waals surface area contributed by atoms with Crippen LogP contribution in [0.2, 0.25) is 0 Å². The molecule has 0 fully saturated rings. The van der Waals surface area contributed by atoms with Crippen LogP contribution in [0.4, 0.5) is 0 Å². The SMILES string of the molecule is COc1cc2cnn(-c3ccc(CCNS(N)(=O)=O)cc3)c2cc1OC. The maximum Gasteiger partial charge on any atom is 0.274 e. The Morgan fingerprint density at radius 1 is 1.12 bits per heavy atom. The highest BCUT2D eigenvalue weighted by Gasteiger charge is 2.11. The van der Waals surface area contributed by atoms with Crippen LogP contribution in [-0.2, 0) is 16.6 Å². The summed E-state index contributed by atoms with van der Waals surface area (Å²) < 4.78 is 36.5. The van der Waals surface area contributed by atoms with Crippen molar-refractivity contribution in [3.63, 3.8) is 0 Å². The molecule has 1 heterocycles. The third-order valence-corrected chi connectivity index (χ3v) is 4.58. The molecule has 0 aliphatic carbocycles. The number of hydrogen-bond acceptors (Lipinski definition) is 5. The van der Waals surface area contributed by atoms with E-state index in [1.165, 1.54) is 0 Å². The number of rotatable bonds is 7. The predicted octanol–water partition coefficient (Wildman–Crippen LogP) is 1.38. The molecular formula is C17H20N4O4S. The van der Waals surface area contributed by atoms with Crippen LogP contribution in [0, 0.1) is 0 Å². The zero-order valence-corrected chi connectivity index (χ0v) is 15.3. The molecule has 0 amide bonds. The van der Waals surface area contributed by atoms with Crippen LogP contribution in [0.15, 0.2) is 42.6 Å². The van der Waals surface area contributed by atoms with E-state index in [2.05, 4.69) is 9.82 Å². The van der Waals surface area contributed by atoms with Gasteiger partial charge in [0.15, 0.2) is 11.5 Å². The summed E-state index contributed by atoms with van der Waals surface area (Å²) in [5.74, 6) is 1.28. The topological polar surface area (TPSA) is 108 Å². The average Bonchev–Trinajstić information content (AvgIpc) is 3.02. The van der Waals surface area contributed by atoms with E-state index in [1.54, 1.807) is 20.4 Å². The van der Waals surface area contributed by atoms with Gasteiger partial charge in [-0.25, -0.2) is 14.5 Å². The van der Waals surface area contributed by atoms with Crippen molar-refractivity contribution in [2.24, 2.45) is 5.14 Å². The summed E-state index contributed by atoms with van der Waals surface area (Å²) in [6.07, 6.45) is 2.31. The molecule has 0 bridgehead atoms. The molecule has 2 aromatic carbocycles. The van der Waals surface area contributed by atoms with E-state index < -0.39 is 10.2 Å². The Balaban J connectivity index is 1.85. The molecule has 0 saturated carbocycles. The maximum absolute atomic E-state index is 10.9. The predicted molar refractivity (Wildman–Crippen MR) is 99.0 cm³/mol. The number of methoxy groups -OCH3 is 2. The Kier molecular flexibility index (Phi) is 5.12. The smallest absolute Gasteiger partial charge is 0.274 e. The number of aromatic nitrogens is 2. The fraction of sp³-hybridized carbons (Fsp3) is 0.235. The molecule has 3 N–H and O–H groups in total. The highest BCUT2D eigenvalue weighted by molar-refractivity contribution is 7.87. The second-order valence-electron chi connectivity index (χ2n) is 5.68. The molecule has 8 nitrogen and oxygen atoms in total. The average molecular weight is 376 g/mol. The molecule has 26 heavy (non-hydrogen) atoms. The van der Waals surface area contributed by atoms with Crippen LogP contribution in [0.25, 0.3) is 16.6 Å². The van der Waals surface area contributed by atoms with Crippen molar-refractivity contribution in [2.75, 3.05) is 20.8 Å². The first-order chi connectivity index (χ1) is 12.4. The minimum atomic E-state index is -3.66. The molecule has 0 radical (unpaired) electrons. The molecule has 0 aliphatic heterocycles. The number of benzene rings is 2. The summed E-state index contributed by atoms with van der Waals surface area (Å²) in [7, 11) is -0.474. The summed E-state index contributed by atoms with van der Waals surface area (Å²) >= 11 is 0. The number of nitrogens with two attached hydrogens (primary N) is 1. The van der Waals surface area contributed by atoms with Gasteiger partial charge in [0.2, 0.25) is 0 Å². The van der Waals surface area contributed by atoms with Gasteiger partial charge < -0.3 is 9.47 Å². The second-order valence-corrected chi connectivity index (χ2v) is 7.06. The first kappa shape index (κ1) is 18.2. The molecule has 1 aromatic heterocycles. The van der Waals surface area contributed by atoms with Crippen molar-refractivity contribution in [2.45, 2.75) is 6.42 Å². The lowest BCUT2D eigenvalue weighted by Gasteiger charge is -2.09. The molecule has 0 saturated heterocycles. The van der Waals surface area contributed by atoms with E-state index in [1.807, 2.05) is 41.1 Å². The monoisotopic (exact) mass is 376 g/mol. The Morgan fingerprint density at radius 3 is 2.38 bits per heavy atom. The van der Waals surface area contributed by atoms with Crippen molar-refractivity contribution in [3.8, 4) is 17.2 Å². The third-order valence-electron chi connectivity index (χ3n) is 3.97. The van der Waals surface area contributed by atoms with E-state index >= 15 is 0 Å². The summed E-state index contributed by atoms with van der Waals surface area (Å²) in [5, 5.41) is 10.3. The molecule has 0 spiro atoms. The summed E-state index contributed by atoms with van der Waals surface area (Å²) in [6.45, 7) is 0.250. The van der Waals surface area contributed by atoms with Crippen LogP contribution in [0.3, 0.4) is 0 Å². The number of nitrogens with zero attached hydrogens (tertiary/aromatic N) is 2. The van der Waals surface area contributed by atoms with Crippen molar-refractivity contribution in [1.29, 1.82) is 0 Å². The molecule has 0 unspecified atom stereocenters. The minimum Gasteiger partial charge on any atom is -0.493 e. The van der Waals surface area contributed by atoms with Crippen LogP contribution in [-0.4, -0.2) is 39.0 Å². The lowest BCUT2D eigenvalue weighted by Crippen LogP contribution is -2.32. The molecule has 9 heteroatoms. The van der Waals surface area contributed by atoms with Gasteiger partial charge in [0.1, 0.15) is 0 Å². The van der Waals surface area contributed by atoms with Gasteiger partial charge in [-0.05, 0) is 30.2 Å². The maximum atomic E-state index is 10.9. The molecule has 0 atom stereocenters. The van der Waals surface area contributed by atoms with Crippen molar-refractivity contribution in [1.82, 2.24) is 14.5 Å². The highest BCUT2D eigenvalue weighted by Crippen LogP contribution is 2.32. The van der Waals surface area contributed by atoms with Gasteiger partial charge in [0, 0.05) is 18.0 Å². The van der Waals surface area contributed by atoms with E-state index in [0.717, 1.165) is 22.2 Å². The summed E-state index contributed by atoms with van der Waals surface area (Å²) in [4.78, 5) is 0. The zero-order chi connectivity index (χ0) is 18.7. The Morgan fingerprint density at radius 2 is 1.77 bits per heavy atom. The van der Waals surface area contributed by atoms with Gasteiger partial charge in [-0.1, -0.05) is 12.1 Å². The van der Waals surface area contributed by atoms with Crippen molar-refractivity contribution >= 4 is 21.1 Å². The number of hydrogen-bond donors (Lipinski definition) is 2. The Labute approximate surface area is 151 Å². The minimum absolute atomic E-state index is 0.250. The standard InChI is InChI=1S/C17H20N4O4S/c1-24-16-9-13-11-19-21(15(13)10-17(16)25-2)14-5-3-12(4-6-14)7-8-20-26(18,22)23/h3-6,9-11,20H,7-8H2,1-2H3,(H2,18,22,23). The van der Waals surface area contributed by atoms with E-state index in [9.17, 15) is 8.42 Å². The fourth-order valence-corrected chi connectivity index (χ4v) is 3.09. The Bertz CT molecular complexity index is 1010. The molecular weight excluding hydrogens is 356 g/mol. The van der Waals surface area contributed by atoms with Crippen LogP contribution in [0.1, 0.15) is 5.56 Å². The largest absolute Gasteiger partial charge is 0.493 e. The second kappa shape index (κ2) is 7.32. The number of ether oxygens (including phenoxy) is 2. The first-order valence-corrected chi connectivity index (χ1v) is 9.42. The van der Waals surface area contributed by atoms with Crippen molar-refractivity contribution < 1.29 is 17.9 Å². The van der Waals surface area contributed by atoms with Gasteiger partial charge in [0.25, 0.3) is 10.2 Å². The van der Waals surface area contributed by atoms with Crippen LogP contribution >= 0.6 is 0 Å². The lowest BCUT2D eigenvalue weighted by molar-refractivity contribution is 0.356. The van der Waals surface area contributed by atoms with Crippen LogP contribution in [0.5, 0.6) is 11.5 Å². The first-order valence-electron chi connectivity index (χ1n) is 7.88. The molecule has 3 rings (SSSR count). The molecule has 0 aliphatic rings. The quantitative estimate of drug-likeness (QED) is 0.647. The number of nitrogens with one attached hydrogen (secondary N) is 1. The van der Waals surface area contributed by atoms with E-state index in [0.29, 0.717) is 17.9 Å². The Hall–Kier alpha value is -2.62. The molecule has 3 aromatic rings. The van der Waals surface area contributed by atoms with Gasteiger partial charge in [0.05, 0.1) is 31.6 Å². The van der Waals surface area contributed by atoms with Crippen LogP contribution < -0.4 is 19.3 Å². The van der Waals surface area contributed by atoms with Gasteiger partial charge >= 0.3 is 0 Å². The number of fused-ring (bicyclic) bond motifs is 1. The van der Waals surface area contributed by atoms with E-state index in [-0.39, 0.29) is 6.54 Å². The third kappa shape index (κ3) is 3.96.